The first-order chi connectivity index (χ1) is 15.0. The van der Waals surface area contributed by atoms with Gasteiger partial charge in [0.15, 0.2) is 0 Å². The number of non-ortho nitro benzene ring substituents is 1. The minimum atomic E-state index is -0.414. The summed E-state index contributed by atoms with van der Waals surface area (Å²) in [5, 5.41) is 11.0. The lowest BCUT2D eigenvalue weighted by Gasteiger charge is -2.30. The van der Waals surface area contributed by atoms with Crippen molar-refractivity contribution in [2.45, 2.75) is 26.3 Å². The maximum absolute atomic E-state index is 12.0. The number of likely N-dealkylation sites (tertiary alicyclic amines) is 1. The minimum Gasteiger partial charge on any atom is -0.466 e. The van der Waals surface area contributed by atoms with Gasteiger partial charge in [0.05, 0.1) is 28.8 Å². The Morgan fingerprint density at radius 2 is 1.94 bits per heavy atom. The number of nitrogens with two attached hydrogens (primary N) is 1. The number of fused-ring (bicyclic) bond motifs is 1. The molecule has 162 valence electrons. The van der Waals surface area contributed by atoms with E-state index in [2.05, 4.69) is 4.90 Å². The smallest absolute Gasteiger partial charge is 0.309 e. The number of carbonyl (C=O) groups excluding carboxylic acids is 1. The van der Waals surface area contributed by atoms with Crippen molar-refractivity contribution >= 4 is 23.0 Å². The van der Waals surface area contributed by atoms with Crippen molar-refractivity contribution in [2.24, 2.45) is 5.92 Å². The summed E-state index contributed by atoms with van der Waals surface area (Å²) in [6.45, 7) is 4.41. The lowest BCUT2D eigenvalue weighted by Crippen LogP contribution is -2.36. The van der Waals surface area contributed by atoms with Crippen molar-refractivity contribution in [2.75, 3.05) is 25.4 Å². The Morgan fingerprint density at radius 3 is 2.58 bits per heavy atom. The molecule has 0 spiro atoms. The number of nitrogens with zero attached hydrogens (tertiary/aromatic N) is 4. The first-order valence-electron chi connectivity index (χ1n) is 10.4. The average Bonchev–Trinajstić information content (AvgIpc) is 3.12. The molecule has 1 fully saturated rings. The Morgan fingerprint density at radius 1 is 1.23 bits per heavy atom. The van der Waals surface area contributed by atoms with Crippen LogP contribution >= 0.6 is 0 Å². The number of rotatable bonds is 6. The fourth-order valence-electron chi connectivity index (χ4n) is 4.03. The standard InChI is InChI=1S/C22H25N5O4/c1-2-31-22(28)16-9-11-25(12-10-16)14-19-21(15-3-6-18(7-4-15)27(29)30)24-20-8-5-17(23)13-26(19)20/h3-8,13,16H,2,9-12,14,23H2,1H3. The largest absolute Gasteiger partial charge is 0.466 e. The number of nitrogen functional groups attached to an aromatic ring is 1. The number of nitro groups is 1. The van der Waals surface area contributed by atoms with Gasteiger partial charge < -0.3 is 14.9 Å². The Balaban J connectivity index is 1.62. The van der Waals surface area contributed by atoms with Crippen LogP contribution in [-0.4, -0.2) is 44.9 Å². The average molecular weight is 423 g/mol. The first-order valence-corrected chi connectivity index (χ1v) is 10.4. The van der Waals surface area contributed by atoms with Gasteiger partial charge in [-0.3, -0.25) is 19.8 Å². The highest BCUT2D eigenvalue weighted by Gasteiger charge is 2.27. The van der Waals surface area contributed by atoms with Crippen molar-refractivity contribution in [3.63, 3.8) is 0 Å². The van der Waals surface area contributed by atoms with Crippen molar-refractivity contribution in [1.82, 2.24) is 14.3 Å². The molecular formula is C22H25N5O4. The topological polar surface area (TPSA) is 116 Å². The van der Waals surface area contributed by atoms with Crippen molar-refractivity contribution in [1.29, 1.82) is 0 Å². The number of imidazole rings is 1. The Hall–Kier alpha value is -3.46. The normalized spacial score (nSPS) is 15.3. The number of anilines is 1. The summed E-state index contributed by atoms with van der Waals surface area (Å²) in [4.78, 5) is 29.7. The monoisotopic (exact) mass is 423 g/mol. The number of hydrogen-bond donors (Lipinski definition) is 1. The predicted octanol–water partition coefficient (Wildman–Crippen LogP) is 3.27. The van der Waals surface area contributed by atoms with Gasteiger partial charge in [-0.15, -0.1) is 0 Å². The number of pyridine rings is 1. The second kappa shape index (κ2) is 8.73. The molecule has 0 unspecified atom stereocenters. The molecule has 1 aromatic carbocycles. The summed E-state index contributed by atoms with van der Waals surface area (Å²) < 4.78 is 7.14. The molecule has 0 bridgehead atoms. The number of carbonyl (C=O) groups is 1. The van der Waals surface area contributed by atoms with Crippen LogP contribution in [0.5, 0.6) is 0 Å². The molecule has 2 aromatic heterocycles. The van der Waals surface area contributed by atoms with Crippen LogP contribution < -0.4 is 5.73 Å². The van der Waals surface area contributed by atoms with Crippen LogP contribution in [0.3, 0.4) is 0 Å². The summed E-state index contributed by atoms with van der Waals surface area (Å²) >= 11 is 0. The maximum Gasteiger partial charge on any atom is 0.309 e. The number of ether oxygens (including phenoxy) is 1. The van der Waals surface area contributed by atoms with Gasteiger partial charge in [-0.05, 0) is 57.1 Å². The molecule has 0 saturated carbocycles. The third-order valence-corrected chi connectivity index (χ3v) is 5.67. The van der Waals surface area contributed by atoms with E-state index >= 15 is 0 Å². The summed E-state index contributed by atoms with van der Waals surface area (Å²) in [6.07, 6.45) is 3.35. The molecule has 31 heavy (non-hydrogen) atoms. The molecule has 0 radical (unpaired) electrons. The number of hydrogen-bond acceptors (Lipinski definition) is 7. The molecule has 3 aromatic rings. The van der Waals surface area contributed by atoms with Gasteiger partial charge in [0.1, 0.15) is 5.65 Å². The van der Waals surface area contributed by atoms with Gasteiger partial charge in [0.25, 0.3) is 5.69 Å². The Kier molecular flexibility index (Phi) is 5.85. The van der Waals surface area contributed by atoms with Crippen molar-refractivity contribution in [3.05, 3.63) is 58.4 Å². The SMILES string of the molecule is CCOC(=O)C1CCN(Cc2c(-c3ccc([N+](=O)[O-])cc3)nc3ccc(N)cn23)CC1. The molecule has 4 rings (SSSR count). The number of aromatic nitrogens is 2. The van der Waals surface area contributed by atoms with Crippen LogP contribution in [0.4, 0.5) is 11.4 Å². The predicted molar refractivity (Wildman–Crippen MR) is 116 cm³/mol. The fraction of sp³-hybridized carbons (Fsp3) is 0.364. The molecular weight excluding hydrogens is 398 g/mol. The van der Waals surface area contributed by atoms with E-state index < -0.39 is 4.92 Å². The van der Waals surface area contributed by atoms with Gasteiger partial charge in [0.2, 0.25) is 0 Å². The van der Waals surface area contributed by atoms with E-state index in [1.54, 1.807) is 18.2 Å². The minimum absolute atomic E-state index is 0.0411. The van der Waals surface area contributed by atoms with E-state index in [1.165, 1.54) is 12.1 Å². The second-order valence-electron chi connectivity index (χ2n) is 7.70. The quantitative estimate of drug-likeness (QED) is 0.367. The van der Waals surface area contributed by atoms with Crippen molar-refractivity contribution < 1.29 is 14.5 Å². The van der Waals surface area contributed by atoms with E-state index in [4.69, 9.17) is 15.5 Å². The fourth-order valence-corrected chi connectivity index (χ4v) is 4.03. The third kappa shape index (κ3) is 4.36. The zero-order chi connectivity index (χ0) is 22.0. The molecule has 0 aliphatic carbocycles. The van der Waals surface area contributed by atoms with Gasteiger partial charge in [-0.1, -0.05) is 0 Å². The zero-order valence-electron chi connectivity index (χ0n) is 17.4. The summed E-state index contributed by atoms with van der Waals surface area (Å²) in [5.74, 6) is -0.167. The molecule has 3 heterocycles. The van der Waals surface area contributed by atoms with Crippen LogP contribution in [0, 0.1) is 16.0 Å². The van der Waals surface area contributed by atoms with Crippen LogP contribution in [-0.2, 0) is 16.1 Å². The highest BCUT2D eigenvalue weighted by atomic mass is 16.6. The molecule has 0 atom stereocenters. The number of piperidine rings is 1. The lowest BCUT2D eigenvalue weighted by atomic mass is 9.96. The lowest BCUT2D eigenvalue weighted by molar-refractivity contribution is -0.384. The number of esters is 1. The van der Waals surface area contributed by atoms with E-state index in [0.29, 0.717) is 18.8 Å². The third-order valence-electron chi connectivity index (χ3n) is 5.67. The molecule has 1 saturated heterocycles. The van der Waals surface area contributed by atoms with Crippen LogP contribution in [0.1, 0.15) is 25.5 Å². The van der Waals surface area contributed by atoms with Gasteiger partial charge in [0, 0.05) is 36.1 Å². The Bertz CT molecular complexity index is 1100. The molecule has 1 aliphatic heterocycles. The van der Waals surface area contributed by atoms with Crippen LogP contribution in [0.25, 0.3) is 16.9 Å². The van der Waals surface area contributed by atoms with Gasteiger partial charge in [-0.2, -0.15) is 0 Å². The highest BCUT2D eigenvalue weighted by Crippen LogP contribution is 2.29. The van der Waals surface area contributed by atoms with E-state index in [-0.39, 0.29) is 17.6 Å². The summed E-state index contributed by atoms with van der Waals surface area (Å²) in [7, 11) is 0. The first kappa shape index (κ1) is 20.8. The van der Waals surface area contributed by atoms with Crippen LogP contribution in [0.15, 0.2) is 42.6 Å². The summed E-state index contributed by atoms with van der Waals surface area (Å²) in [5.41, 5.74) is 9.99. The molecule has 2 N–H and O–H groups in total. The van der Waals surface area contributed by atoms with Crippen molar-refractivity contribution in [3.8, 4) is 11.3 Å². The second-order valence-corrected chi connectivity index (χ2v) is 7.70. The highest BCUT2D eigenvalue weighted by molar-refractivity contribution is 5.72. The number of benzene rings is 1. The Labute approximate surface area is 179 Å². The van der Waals surface area contributed by atoms with E-state index in [9.17, 15) is 14.9 Å². The molecule has 9 nitrogen and oxygen atoms in total. The van der Waals surface area contributed by atoms with E-state index in [1.807, 2.05) is 23.6 Å². The molecule has 9 heteroatoms. The maximum atomic E-state index is 12.0. The number of nitro benzene ring substituents is 1. The summed E-state index contributed by atoms with van der Waals surface area (Å²) in [6, 6.07) is 10.1. The molecule has 1 aliphatic rings. The van der Waals surface area contributed by atoms with Gasteiger partial charge >= 0.3 is 5.97 Å². The van der Waals surface area contributed by atoms with Gasteiger partial charge in [-0.25, -0.2) is 4.98 Å². The van der Waals surface area contributed by atoms with E-state index in [0.717, 1.165) is 48.5 Å². The van der Waals surface area contributed by atoms with Crippen LogP contribution in [0.2, 0.25) is 0 Å². The zero-order valence-corrected chi connectivity index (χ0v) is 17.4. The molecule has 0 amide bonds.